The van der Waals surface area contributed by atoms with Gasteiger partial charge in [0.1, 0.15) is 24.4 Å². The summed E-state index contributed by atoms with van der Waals surface area (Å²) in [5, 5.41) is 33.9. The molecule has 0 spiro atoms. The maximum atomic E-state index is 14.4. The largest absolute Gasteiger partial charge is 0.461 e. The highest BCUT2D eigenvalue weighted by atomic mass is 16.6. The zero-order valence-corrected chi connectivity index (χ0v) is 40.4. The predicted octanol–water partition coefficient (Wildman–Crippen LogP) is 7.00. The van der Waals surface area contributed by atoms with Crippen LogP contribution in [0.15, 0.2) is 47.6 Å². The molecule has 1 saturated carbocycles. The Morgan fingerprint density at radius 3 is 2.23 bits per heavy atom. The fourth-order valence-electron chi connectivity index (χ4n) is 10.3. The average molecular weight is 900 g/mol. The molecule has 0 aromatic heterocycles. The number of methoxy groups -OCH3 is 3. The number of esters is 1. The van der Waals surface area contributed by atoms with Gasteiger partial charge in [0, 0.05) is 46.1 Å². The number of fused-ring (bicyclic) bond motifs is 3. The number of allylic oxidation sites excluding steroid dienone is 6. The minimum atomic E-state index is -2.38. The van der Waals surface area contributed by atoms with Gasteiger partial charge in [-0.2, -0.15) is 0 Å². The molecule has 2 bridgehead atoms. The van der Waals surface area contributed by atoms with Gasteiger partial charge in [0.15, 0.2) is 5.78 Å². The zero-order chi connectivity index (χ0) is 47.3. The predicted molar refractivity (Wildman–Crippen MR) is 245 cm³/mol. The summed E-state index contributed by atoms with van der Waals surface area (Å²) in [5.74, 6) is -6.09. The second-order valence-electron chi connectivity index (χ2n) is 19.7. The first-order valence-electron chi connectivity index (χ1n) is 24.0. The highest BCUT2D eigenvalue weighted by Gasteiger charge is 2.53. The Kier molecular flexibility index (Phi) is 21.1. The van der Waals surface area contributed by atoms with Crippen LogP contribution in [-0.4, -0.2) is 126 Å². The van der Waals surface area contributed by atoms with Gasteiger partial charge in [-0.3, -0.25) is 14.4 Å². The summed E-state index contributed by atoms with van der Waals surface area (Å²) in [6, 6.07) is -1.02. The van der Waals surface area contributed by atoms with E-state index in [0.29, 0.717) is 76.2 Å². The van der Waals surface area contributed by atoms with Crippen molar-refractivity contribution in [3.05, 3.63) is 47.6 Å². The number of ether oxygens (including phenoxy) is 5. The van der Waals surface area contributed by atoms with E-state index in [2.05, 4.69) is 6.92 Å². The smallest absolute Gasteiger partial charge is 0.329 e. The van der Waals surface area contributed by atoms with Crippen LogP contribution in [0.4, 0.5) is 0 Å². The summed E-state index contributed by atoms with van der Waals surface area (Å²) in [7, 11) is 4.65. The second-order valence-corrected chi connectivity index (χ2v) is 19.7. The van der Waals surface area contributed by atoms with Crippen LogP contribution in [0.3, 0.4) is 0 Å². The number of aliphatic hydroxyl groups excluding tert-OH is 2. The Hall–Kier alpha value is -3.04. The summed E-state index contributed by atoms with van der Waals surface area (Å²) in [6.07, 6.45) is 14.5. The minimum absolute atomic E-state index is 0.0678. The third-order valence-corrected chi connectivity index (χ3v) is 14.5. The molecular formula is C51H81NO12. The van der Waals surface area contributed by atoms with E-state index in [1.807, 2.05) is 64.2 Å². The van der Waals surface area contributed by atoms with Gasteiger partial charge >= 0.3 is 5.97 Å². The molecule has 2 saturated heterocycles. The molecule has 0 radical (unpaired) electrons. The van der Waals surface area contributed by atoms with E-state index in [1.54, 1.807) is 28.1 Å². The van der Waals surface area contributed by atoms with Crippen molar-refractivity contribution in [2.45, 2.75) is 186 Å². The first-order valence-corrected chi connectivity index (χ1v) is 24.0. The molecule has 4 aliphatic rings. The number of aliphatic hydroxyl groups is 3. The van der Waals surface area contributed by atoms with Crippen LogP contribution in [0.5, 0.6) is 0 Å². The highest BCUT2D eigenvalue weighted by Crippen LogP contribution is 2.38. The van der Waals surface area contributed by atoms with Crippen molar-refractivity contribution in [2.24, 2.45) is 35.5 Å². The summed E-state index contributed by atoms with van der Waals surface area (Å²) in [5.41, 5.74) is 1.51. The van der Waals surface area contributed by atoms with Crippen molar-refractivity contribution in [3.63, 3.8) is 0 Å². The van der Waals surface area contributed by atoms with Gasteiger partial charge in [0.05, 0.1) is 24.4 Å². The van der Waals surface area contributed by atoms with Crippen LogP contribution in [0.1, 0.15) is 132 Å². The maximum absolute atomic E-state index is 14.4. The van der Waals surface area contributed by atoms with Gasteiger partial charge in [-0.15, -0.1) is 0 Å². The number of hydrogen-bond donors (Lipinski definition) is 3. The number of hydrogen-bond acceptors (Lipinski definition) is 12. The monoisotopic (exact) mass is 900 g/mol. The number of piperidine rings is 1. The molecule has 362 valence electrons. The Morgan fingerprint density at radius 1 is 0.812 bits per heavy atom. The number of rotatable bonds is 6. The number of nitrogens with zero attached hydrogens (tertiary/aromatic N) is 1. The van der Waals surface area contributed by atoms with E-state index >= 15 is 0 Å². The molecule has 3 N–H and O–H groups in total. The van der Waals surface area contributed by atoms with Crippen molar-refractivity contribution in [1.29, 1.82) is 0 Å². The second kappa shape index (κ2) is 25.2. The highest BCUT2D eigenvalue weighted by molar-refractivity contribution is 6.39. The average Bonchev–Trinajstić information content (AvgIpc) is 3.27. The first kappa shape index (κ1) is 53.6. The fourth-order valence-corrected chi connectivity index (χ4v) is 10.3. The van der Waals surface area contributed by atoms with Gasteiger partial charge in [-0.1, -0.05) is 71.1 Å². The molecule has 13 heteroatoms. The SMILES string of the molecule is CO[C@H]1C[C@@H]2CC[C@@H](C)[C@@](O)(O2)C(=O)C(=O)N2CCCC[C@H]2C(=O)O[C@H]([C@H](C)C[C@@H]2CC[C@@H](O)[C@H](OC)C2)CC[C@H](C)/C=C(\C)[C@@H](O)[C@@H](OC)C(=O)[C@H](C)C[C@H](C)\C=C/C=C/C=C/1C. The molecule has 1 amide bonds. The summed E-state index contributed by atoms with van der Waals surface area (Å²) in [4.78, 5) is 57.8. The fraction of sp³-hybridized carbons (Fsp3) is 0.765. The van der Waals surface area contributed by atoms with E-state index in [9.17, 15) is 34.5 Å². The molecule has 0 unspecified atom stereocenters. The lowest BCUT2D eigenvalue weighted by Crippen LogP contribution is -2.61. The van der Waals surface area contributed by atoms with Crippen LogP contribution in [-0.2, 0) is 42.9 Å². The van der Waals surface area contributed by atoms with Gasteiger partial charge in [0.25, 0.3) is 11.7 Å². The van der Waals surface area contributed by atoms with Crippen LogP contribution in [0, 0.1) is 35.5 Å². The molecule has 13 nitrogen and oxygen atoms in total. The molecule has 0 aromatic carbocycles. The van der Waals surface area contributed by atoms with Crippen molar-refractivity contribution in [3.8, 4) is 0 Å². The molecule has 3 heterocycles. The normalized spacial score (nSPS) is 40.8. The summed E-state index contributed by atoms with van der Waals surface area (Å²) in [6.45, 7) is 13.6. The van der Waals surface area contributed by atoms with E-state index in [0.717, 1.165) is 18.4 Å². The van der Waals surface area contributed by atoms with Crippen LogP contribution >= 0.6 is 0 Å². The molecule has 4 rings (SSSR count). The quantitative estimate of drug-likeness (QED) is 0.142. The molecule has 1 aliphatic carbocycles. The van der Waals surface area contributed by atoms with E-state index in [4.69, 9.17) is 23.7 Å². The molecule has 0 aromatic rings. The number of cyclic esters (lactones) is 1. The summed E-state index contributed by atoms with van der Waals surface area (Å²) < 4.78 is 29.6. The Bertz CT molecular complexity index is 1670. The molecular weight excluding hydrogens is 819 g/mol. The number of carbonyl (C=O) groups is 4. The molecule has 3 aliphatic heterocycles. The van der Waals surface area contributed by atoms with Gasteiger partial charge in [-0.05, 0) is 126 Å². The van der Waals surface area contributed by atoms with Crippen molar-refractivity contribution >= 4 is 23.4 Å². The van der Waals surface area contributed by atoms with Gasteiger partial charge in [0.2, 0.25) is 5.79 Å². The minimum Gasteiger partial charge on any atom is -0.461 e. The lowest BCUT2D eigenvalue weighted by molar-refractivity contribution is -0.265. The molecule has 15 atom stereocenters. The van der Waals surface area contributed by atoms with Crippen LogP contribution in [0.25, 0.3) is 0 Å². The Balaban J connectivity index is 1.67. The molecule has 3 fully saturated rings. The van der Waals surface area contributed by atoms with Crippen molar-refractivity contribution in [2.75, 3.05) is 27.9 Å². The lowest BCUT2D eigenvalue weighted by Gasteiger charge is -2.42. The van der Waals surface area contributed by atoms with E-state index in [-0.39, 0.29) is 48.0 Å². The Labute approximate surface area is 383 Å². The third kappa shape index (κ3) is 14.2. The Morgan fingerprint density at radius 2 is 1.55 bits per heavy atom. The third-order valence-electron chi connectivity index (χ3n) is 14.5. The van der Waals surface area contributed by atoms with Crippen LogP contribution in [0.2, 0.25) is 0 Å². The number of carbonyl (C=O) groups excluding carboxylic acids is 4. The topological polar surface area (TPSA) is 178 Å². The van der Waals surface area contributed by atoms with Crippen molar-refractivity contribution < 1.29 is 58.2 Å². The number of Topliss-reactive ketones (excluding diaryl/α,β-unsaturated/α-hetero) is 2. The first-order chi connectivity index (χ1) is 30.3. The number of ketones is 2. The molecule has 64 heavy (non-hydrogen) atoms. The number of amides is 1. The van der Waals surface area contributed by atoms with Gasteiger partial charge in [-0.25, -0.2) is 4.79 Å². The van der Waals surface area contributed by atoms with Gasteiger partial charge < -0.3 is 43.9 Å². The zero-order valence-electron chi connectivity index (χ0n) is 40.4. The van der Waals surface area contributed by atoms with Crippen molar-refractivity contribution in [1.82, 2.24) is 4.90 Å². The van der Waals surface area contributed by atoms with E-state index in [1.165, 1.54) is 12.0 Å². The standard InChI is InChI=1S/C51H81NO12/c1-31-16-12-11-13-17-33(3)43(60-8)30-39-22-20-37(7)51(59,64-39)48(56)49(57)52-25-15-14-18-40(52)50(58)63-42(34(4)28-38-21-23-41(53)44(29-38)61-9)24-19-32(2)27-36(6)46(55)47(62-10)45(54)35(5)26-31/h11-13,16-17,27,31-32,34-35,37-44,46-47,53,55,59H,14-15,18-26,28-30H2,1-10H3/b13-11+,16-12-,33-17+,36-27+/t31-,32+,34-,35-,37-,38+,39+,40+,41-,42+,43+,44-,46-,47+,51-/m1/s1. The maximum Gasteiger partial charge on any atom is 0.329 e. The van der Waals surface area contributed by atoms with E-state index < -0.39 is 72.0 Å². The lowest BCUT2D eigenvalue weighted by atomic mass is 9.78. The van der Waals surface area contributed by atoms with Crippen LogP contribution < -0.4 is 0 Å². The summed E-state index contributed by atoms with van der Waals surface area (Å²) >= 11 is 0.